The molecule has 2 aromatic heterocycles. The van der Waals surface area contributed by atoms with E-state index in [4.69, 9.17) is 4.42 Å². The maximum Gasteiger partial charge on any atom is 0.236 e. The van der Waals surface area contributed by atoms with Crippen molar-refractivity contribution in [3.05, 3.63) is 29.5 Å². The van der Waals surface area contributed by atoms with Gasteiger partial charge in [0.25, 0.3) is 0 Å². The Labute approximate surface area is 106 Å². The number of hydrogen-bond donors (Lipinski definition) is 1. The SMILES string of the molecule is CC(C)C(C)NCc1coc(-c2cccs2)n1. The van der Waals surface area contributed by atoms with E-state index in [2.05, 4.69) is 31.1 Å². The molecule has 1 unspecified atom stereocenters. The van der Waals surface area contributed by atoms with E-state index < -0.39 is 0 Å². The quantitative estimate of drug-likeness (QED) is 0.882. The molecule has 0 bridgehead atoms. The van der Waals surface area contributed by atoms with E-state index >= 15 is 0 Å². The Morgan fingerprint density at radius 3 is 2.88 bits per heavy atom. The van der Waals surface area contributed by atoms with E-state index in [0.717, 1.165) is 17.1 Å². The monoisotopic (exact) mass is 250 g/mol. The normalized spacial score (nSPS) is 13.2. The third-order valence-electron chi connectivity index (χ3n) is 2.89. The Kier molecular flexibility index (Phi) is 3.97. The molecule has 0 aliphatic carbocycles. The molecular formula is C13H18N2OS. The molecule has 0 aromatic carbocycles. The number of hydrogen-bond acceptors (Lipinski definition) is 4. The molecule has 2 heterocycles. The van der Waals surface area contributed by atoms with Crippen LogP contribution in [0.3, 0.4) is 0 Å². The minimum Gasteiger partial charge on any atom is -0.444 e. The highest BCUT2D eigenvalue weighted by Crippen LogP contribution is 2.23. The predicted molar refractivity (Wildman–Crippen MR) is 71.0 cm³/mol. The average molecular weight is 250 g/mol. The first-order chi connectivity index (χ1) is 8.16. The Morgan fingerprint density at radius 1 is 1.41 bits per heavy atom. The summed E-state index contributed by atoms with van der Waals surface area (Å²) in [5.74, 6) is 1.34. The lowest BCUT2D eigenvalue weighted by Crippen LogP contribution is -2.30. The molecule has 1 N–H and O–H groups in total. The Balaban J connectivity index is 1.95. The third-order valence-corrected chi connectivity index (χ3v) is 3.75. The summed E-state index contributed by atoms with van der Waals surface area (Å²) in [7, 11) is 0. The van der Waals surface area contributed by atoms with Crippen molar-refractivity contribution < 1.29 is 4.42 Å². The summed E-state index contributed by atoms with van der Waals surface area (Å²) >= 11 is 1.64. The van der Waals surface area contributed by atoms with Crippen LogP contribution in [0.1, 0.15) is 26.5 Å². The van der Waals surface area contributed by atoms with Gasteiger partial charge in [-0.3, -0.25) is 0 Å². The van der Waals surface area contributed by atoms with Crippen molar-refractivity contribution in [2.45, 2.75) is 33.4 Å². The minimum atomic E-state index is 0.483. The smallest absolute Gasteiger partial charge is 0.236 e. The van der Waals surface area contributed by atoms with Crippen LogP contribution in [-0.4, -0.2) is 11.0 Å². The molecule has 2 rings (SSSR count). The summed E-state index contributed by atoms with van der Waals surface area (Å²) in [6.07, 6.45) is 1.73. The van der Waals surface area contributed by atoms with E-state index in [1.54, 1.807) is 17.6 Å². The first kappa shape index (κ1) is 12.3. The number of aromatic nitrogens is 1. The van der Waals surface area contributed by atoms with Crippen molar-refractivity contribution in [2.75, 3.05) is 0 Å². The maximum atomic E-state index is 5.46. The van der Waals surface area contributed by atoms with E-state index in [1.165, 1.54) is 0 Å². The van der Waals surface area contributed by atoms with Crippen molar-refractivity contribution >= 4 is 11.3 Å². The van der Waals surface area contributed by atoms with Gasteiger partial charge < -0.3 is 9.73 Å². The molecule has 0 aliphatic rings. The topological polar surface area (TPSA) is 38.1 Å². The average Bonchev–Trinajstić information content (AvgIpc) is 2.95. The third kappa shape index (κ3) is 3.17. The molecule has 2 aromatic rings. The highest BCUT2D eigenvalue weighted by Gasteiger charge is 2.10. The Morgan fingerprint density at radius 2 is 2.24 bits per heavy atom. The standard InChI is InChI=1S/C13H18N2OS/c1-9(2)10(3)14-7-11-8-16-13(15-11)12-5-4-6-17-12/h4-6,8-10,14H,7H2,1-3H3. The number of oxazole rings is 1. The maximum absolute atomic E-state index is 5.46. The van der Waals surface area contributed by atoms with Crippen LogP contribution in [0.25, 0.3) is 10.8 Å². The second-order valence-corrected chi connectivity index (χ2v) is 5.48. The van der Waals surface area contributed by atoms with Crippen molar-refractivity contribution in [1.82, 2.24) is 10.3 Å². The molecule has 4 heteroatoms. The Bertz CT molecular complexity index is 448. The second kappa shape index (κ2) is 5.47. The largest absolute Gasteiger partial charge is 0.444 e. The second-order valence-electron chi connectivity index (χ2n) is 4.53. The van der Waals surface area contributed by atoms with Gasteiger partial charge in [-0.1, -0.05) is 19.9 Å². The lowest BCUT2D eigenvalue weighted by atomic mass is 10.1. The lowest BCUT2D eigenvalue weighted by Gasteiger charge is -2.16. The summed E-state index contributed by atoms with van der Waals surface area (Å²) in [5.41, 5.74) is 0.959. The predicted octanol–water partition coefficient (Wildman–Crippen LogP) is 3.54. The van der Waals surface area contributed by atoms with Crippen LogP contribution < -0.4 is 5.32 Å². The fourth-order valence-corrected chi connectivity index (χ4v) is 2.06. The molecule has 0 aliphatic heterocycles. The van der Waals surface area contributed by atoms with Gasteiger partial charge in [-0.25, -0.2) is 4.98 Å². The number of nitrogens with zero attached hydrogens (tertiary/aromatic N) is 1. The zero-order valence-corrected chi connectivity index (χ0v) is 11.3. The van der Waals surface area contributed by atoms with Gasteiger partial charge in [0.15, 0.2) is 0 Å². The van der Waals surface area contributed by atoms with Gasteiger partial charge in [-0.15, -0.1) is 11.3 Å². The molecule has 0 spiro atoms. The zero-order chi connectivity index (χ0) is 12.3. The van der Waals surface area contributed by atoms with E-state index in [1.807, 2.05) is 17.5 Å². The van der Waals surface area contributed by atoms with Crippen LogP contribution in [0.2, 0.25) is 0 Å². The van der Waals surface area contributed by atoms with Gasteiger partial charge in [0, 0.05) is 12.6 Å². The minimum absolute atomic E-state index is 0.483. The van der Waals surface area contributed by atoms with Gasteiger partial charge >= 0.3 is 0 Å². The van der Waals surface area contributed by atoms with Crippen LogP contribution in [-0.2, 0) is 6.54 Å². The van der Waals surface area contributed by atoms with Crippen molar-refractivity contribution in [1.29, 1.82) is 0 Å². The van der Waals surface area contributed by atoms with Crippen LogP contribution in [0.5, 0.6) is 0 Å². The molecule has 3 nitrogen and oxygen atoms in total. The molecule has 0 saturated carbocycles. The molecule has 17 heavy (non-hydrogen) atoms. The van der Waals surface area contributed by atoms with Crippen molar-refractivity contribution in [2.24, 2.45) is 5.92 Å². The van der Waals surface area contributed by atoms with Crippen molar-refractivity contribution in [3.8, 4) is 10.8 Å². The number of rotatable bonds is 5. The summed E-state index contributed by atoms with van der Waals surface area (Å²) in [6, 6.07) is 4.50. The van der Waals surface area contributed by atoms with E-state index in [-0.39, 0.29) is 0 Å². The fourth-order valence-electron chi connectivity index (χ4n) is 1.40. The van der Waals surface area contributed by atoms with Crippen LogP contribution in [0.15, 0.2) is 28.2 Å². The molecular weight excluding hydrogens is 232 g/mol. The highest BCUT2D eigenvalue weighted by atomic mass is 32.1. The molecule has 0 fully saturated rings. The summed E-state index contributed by atoms with van der Waals surface area (Å²) in [6.45, 7) is 7.36. The first-order valence-corrected chi connectivity index (χ1v) is 6.76. The van der Waals surface area contributed by atoms with Crippen LogP contribution >= 0.6 is 11.3 Å². The highest BCUT2D eigenvalue weighted by molar-refractivity contribution is 7.13. The molecule has 0 saturated heterocycles. The fraction of sp³-hybridized carbons (Fsp3) is 0.462. The zero-order valence-electron chi connectivity index (χ0n) is 10.4. The number of nitrogens with one attached hydrogen (secondary N) is 1. The molecule has 0 amide bonds. The molecule has 1 atom stereocenters. The Hall–Kier alpha value is -1.13. The lowest BCUT2D eigenvalue weighted by molar-refractivity contribution is 0.423. The summed E-state index contributed by atoms with van der Waals surface area (Å²) in [4.78, 5) is 5.54. The summed E-state index contributed by atoms with van der Waals surface area (Å²) in [5, 5.41) is 5.46. The van der Waals surface area contributed by atoms with Gasteiger partial charge in [0.1, 0.15) is 6.26 Å². The van der Waals surface area contributed by atoms with Gasteiger partial charge in [-0.05, 0) is 24.3 Å². The number of thiophene rings is 1. The van der Waals surface area contributed by atoms with Crippen LogP contribution in [0, 0.1) is 5.92 Å². The summed E-state index contributed by atoms with van der Waals surface area (Å²) < 4.78 is 5.46. The van der Waals surface area contributed by atoms with Gasteiger partial charge in [0.2, 0.25) is 5.89 Å². The van der Waals surface area contributed by atoms with E-state index in [9.17, 15) is 0 Å². The molecule has 0 radical (unpaired) electrons. The van der Waals surface area contributed by atoms with Crippen LogP contribution in [0.4, 0.5) is 0 Å². The van der Waals surface area contributed by atoms with Gasteiger partial charge in [-0.2, -0.15) is 0 Å². The van der Waals surface area contributed by atoms with Crippen molar-refractivity contribution in [3.63, 3.8) is 0 Å². The van der Waals surface area contributed by atoms with E-state index in [0.29, 0.717) is 17.9 Å². The van der Waals surface area contributed by atoms with Gasteiger partial charge in [0.05, 0.1) is 10.6 Å². The molecule has 92 valence electrons. The first-order valence-electron chi connectivity index (χ1n) is 5.88.